The van der Waals surface area contributed by atoms with E-state index in [4.69, 9.17) is 0 Å². The van der Waals surface area contributed by atoms with Crippen LogP contribution in [0.25, 0.3) is 0 Å². The Morgan fingerprint density at radius 1 is 1.47 bits per heavy atom. The second-order valence-corrected chi connectivity index (χ2v) is 5.61. The van der Waals surface area contributed by atoms with Gasteiger partial charge in [-0.3, -0.25) is 9.59 Å². The Kier molecular flexibility index (Phi) is 5.31. The summed E-state index contributed by atoms with van der Waals surface area (Å²) < 4.78 is 0. The molecule has 0 radical (unpaired) electrons. The third-order valence-electron chi connectivity index (χ3n) is 3.11. The zero-order chi connectivity index (χ0) is 13.0. The second kappa shape index (κ2) is 6.28. The fourth-order valence-corrected chi connectivity index (χ4v) is 2.76. The van der Waals surface area contributed by atoms with Crippen molar-refractivity contribution in [2.24, 2.45) is 5.92 Å². The van der Waals surface area contributed by atoms with Crippen molar-refractivity contribution in [2.45, 2.75) is 39.3 Å². The first-order chi connectivity index (χ1) is 8.01. The predicted molar refractivity (Wildman–Crippen MR) is 70.9 cm³/mol. The molecule has 4 nitrogen and oxygen atoms in total. The first-order valence-electron chi connectivity index (χ1n) is 6.11. The molecule has 1 aliphatic heterocycles. The molecule has 2 amide bonds. The van der Waals surface area contributed by atoms with Crippen LogP contribution in [-0.4, -0.2) is 47.4 Å². The molecule has 0 aliphatic carbocycles. The predicted octanol–water partition coefficient (Wildman–Crippen LogP) is 1.11. The number of hydrogen-bond acceptors (Lipinski definition) is 3. The maximum Gasteiger partial charge on any atom is 0.245 e. The Balaban J connectivity index is 2.71. The number of nitrogens with zero attached hydrogens (tertiary/aromatic N) is 1. The lowest BCUT2D eigenvalue weighted by molar-refractivity contribution is -0.149. The van der Waals surface area contributed by atoms with Gasteiger partial charge in [0.05, 0.1) is 0 Å². The molecule has 0 aromatic rings. The highest BCUT2D eigenvalue weighted by Crippen LogP contribution is 2.15. The van der Waals surface area contributed by atoms with Crippen molar-refractivity contribution in [2.75, 3.05) is 18.6 Å². The molecule has 3 unspecified atom stereocenters. The molecule has 0 spiro atoms. The van der Waals surface area contributed by atoms with Gasteiger partial charge in [-0.2, -0.15) is 11.8 Å². The van der Waals surface area contributed by atoms with Crippen LogP contribution in [0, 0.1) is 5.92 Å². The van der Waals surface area contributed by atoms with Crippen LogP contribution < -0.4 is 5.32 Å². The first kappa shape index (κ1) is 14.4. The SMILES string of the molecule is CCC1NC(=O)C(C)N(CC(C)CSC)C1=O. The van der Waals surface area contributed by atoms with Crippen LogP contribution in [0.5, 0.6) is 0 Å². The standard InChI is InChI=1S/C12H22N2O2S/c1-5-10-12(16)14(6-8(2)7-17-4)9(3)11(15)13-10/h8-10H,5-7H2,1-4H3,(H,13,15). The third-order valence-corrected chi connectivity index (χ3v) is 4.01. The number of thioether (sulfide) groups is 1. The van der Waals surface area contributed by atoms with E-state index in [1.807, 2.05) is 6.92 Å². The van der Waals surface area contributed by atoms with E-state index in [1.165, 1.54) is 0 Å². The smallest absolute Gasteiger partial charge is 0.245 e. The highest BCUT2D eigenvalue weighted by atomic mass is 32.2. The minimum Gasteiger partial charge on any atom is -0.343 e. The lowest BCUT2D eigenvalue weighted by Gasteiger charge is -2.38. The second-order valence-electron chi connectivity index (χ2n) is 4.70. The van der Waals surface area contributed by atoms with Crippen LogP contribution in [0.3, 0.4) is 0 Å². The van der Waals surface area contributed by atoms with E-state index in [1.54, 1.807) is 23.6 Å². The minimum absolute atomic E-state index is 0.0344. The first-order valence-corrected chi connectivity index (χ1v) is 7.50. The molecule has 0 saturated carbocycles. The van der Waals surface area contributed by atoms with Gasteiger partial charge in [-0.1, -0.05) is 13.8 Å². The molecule has 1 N–H and O–H groups in total. The number of nitrogens with one attached hydrogen (secondary N) is 1. The normalized spacial score (nSPS) is 26.9. The Labute approximate surface area is 108 Å². The maximum atomic E-state index is 12.2. The average Bonchev–Trinajstić information content (AvgIpc) is 2.29. The molecular weight excluding hydrogens is 236 g/mol. The van der Waals surface area contributed by atoms with E-state index in [9.17, 15) is 9.59 Å². The van der Waals surface area contributed by atoms with Crippen LogP contribution >= 0.6 is 11.8 Å². The van der Waals surface area contributed by atoms with E-state index >= 15 is 0 Å². The van der Waals surface area contributed by atoms with Crippen molar-refractivity contribution >= 4 is 23.6 Å². The number of carbonyl (C=O) groups excluding carboxylic acids is 2. The molecule has 1 saturated heterocycles. The Hall–Kier alpha value is -0.710. The van der Waals surface area contributed by atoms with Crippen LogP contribution in [0.1, 0.15) is 27.2 Å². The van der Waals surface area contributed by atoms with E-state index in [0.29, 0.717) is 18.9 Å². The lowest BCUT2D eigenvalue weighted by Crippen LogP contribution is -2.62. The van der Waals surface area contributed by atoms with Crippen LogP contribution in [0.2, 0.25) is 0 Å². The number of carbonyl (C=O) groups is 2. The largest absolute Gasteiger partial charge is 0.343 e. The molecule has 1 heterocycles. The van der Waals surface area contributed by atoms with Gasteiger partial charge in [0.15, 0.2) is 0 Å². The summed E-state index contributed by atoms with van der Waals surface area (Å²) in [4.78, 5) is 25.6. The van der Waals surface area contributed by atoms with Gasteiger partial charge in [0, 0.05) is 6.54 Å². The van der Waals surface area contributed by atoms with Gasteiger partial charge in [0.1, 0.15) is 12.1 Å². The molecule has 1 rings (SSSR count). The van der Waals surface area contributed by atoms with Crippen molar-refractivity contribution in [1.29, 1.82) is 0 Å². The van der Waals surface area contributed by atoms with Gasteiger partial charge in [-0.25, -0.2) is 0 Å². The lowest BCUT2D eigenvalue weighted by atomic mass is 10.0. The summed E-state index contributed by atoms with van der Waals surface area (Å²) in [5.41, 5.74) is 0. The van der Waals surface area contributed by atoms with Crippen LogP contribution in [-0.2, 0) is 9.59 Å². The van der Waals surface area contributed by atoms with Crippen molar-refractivity contribution in [3.63, 3.8) is 0 Å². The molecule has 0 bridgehead atoms. The average molecular weight is 258 g/mol. The van der Waals surface area contributed by atoms with Gasteiger partial charge in [0.2, 0.25) is 11.8 Å². The monoisotopic (exact) mass is 258 g/mol. The number of amides is 2. The molecule has 98 valence electrons. The summed E-state index contributed by atoms with van der Waals surface area (Å²) in [6.45, 7) is 6.50. The van der Waals surface area contributed by atoms with E-state index < -0.39 is 0 Å². The van der Waals surface area contributed by atoms with E-state index in [2.05, 4.69) is 18.5 Å². The summed E-state index contributed by atoms with van der Waals surface area (Å²) in [5.74, 6) is 1.45. The van der Waals surface area contributed by atoms with E-state index in [-0.39, 0.29) is 23.9 Å². The Morgan fingerprint density at radius 2 is 2.12 bits per heavy atom. The summed E-state index contributed by atoms with van der Waals surface area (Å²) in [6, 6.07) is -0.671. The zero-order valence-corrected chi connectivity index (χ0v) is 11.8. The minimum atomic E-state index is -0.338. The molecule has 0 aromatic heterocycles. The summed E-state index contributed by atoms with van der Waals surface area (Å²) >= 11 is 1.77. The molecule has 0 aromatic carbocycles. The highest BCUT2D eigenvalue weighted by molar-refractivity contribution is 7.98. The summed E-state index contributed by atoms with van der Waals surface area (Å²) in [7, 11) is 0. The quantitative estimate of drug-likeness (QED) is 0.803. The zero-order valence-electron chi connectivity index (χ0n) is 11.0. The summed E-state index contributed by atoms with van der Waals surface area (Å²) in [6.07, 6.45) is 2.71. The molecular formula is C12H22N2O2S. The fraction of sp³-hybridized carbons (Fsp3) is 0.833. The van der Waals surface area contributed by atoms with Crippen molar-refractivity contribution in [3.8, 4) is 0 Å². The molecule has 1 fully saturated rings. The topological polar surface area (TPSA) is 49.4 Å². The summed E-state index contributed by atoms with van der Waals surface area (Å²) in [5, 5.41) is 2.77. The third kappa shape index (κ3) is 3.37. The van der Waals surface area contributed by atoms with Gasteiger partial charge < -0.3 is 10.2 Å². The van der Waals surface area contributed by atoms with Gasteiger partial charge in [-0.05, 0) is 31.3 Å². The molecule has 1 aliphatic rings. The van der Waals surface area contributed by atoms with E-state index in [0.717, 1.165) is 5.75 Å². The number of hydrogen-bond donors (Lipinski definition) is 1. The molecule has 5 heteroatoms. The van der Waals surface area contributed by atoms with Crippen LogP contribution in [0.4, 0.5) is 0 Å². The van der Waals surface area contributed by atoms with Crippen molar-refractivity contribution in [1.82, 2.24) is 10.2 Å². The molecule has 17 heavy (non-hydrogen) atoms. The number of rotatable bonds is 5. The Morgan fingerprint density at radius 3 is 2.65 bits per heavy atom. The number of piperazine rings is 1. The maximum absolute atomic E-state index is 12.2. The molecule has 3 atom stereocenters. The van der Waals surface area contributed by atoms with Crippen LogP contribution in [0.15, 0.2) is 0 Å². The van der Waals surface area contributed by atoms with Gasteiger partial charge in [-0.15, -0.1) is 0 Å². The van der Waals surface area contributed by atoms with Gasteiger partial charge in [0.25, 0.3) is 0 Å². The van der Waals surface area contributed by atoms with Gasteiger partial charge >= 0.3 is 0 Å². The highest BCUT2D eigenvalue weighted by Gasteiger charge is 2.37. The van der Waals surface area contributed by atoms with Crippen molar-refractivity contribution < 1.29 is 9.59 Å². The fourth-order valence-electron chi connectivity index (χ4n) is 2.08. The Bertz CT molecular complexity index is 296. The van der Waals surface area contributed by atoms with Crippen molar-refractivity contribution in [3.05, 3.63) is 0 Å².